The van der Waals surface area contributed by atoms with Crippen LogP contribution >= 0.6 is 23.2 Å². The van der Waals surface area contributed by atoms with Gasteiger partial charge >= 0.3 is 5.69 Å². The van der Waals surface area contributed by atoms with Gasteiger partial charge in [-0.3, -0.25) is 24.3 Å². The Morgan fingerprint density at radius 2 is 1.96 bits per heavy atom. The molecular formula is C16H14Cl2N6O3. The van der Waals surface area contributed by atoms with Crippen molar-refractivity contribution in [2.24, 2.45) is 0 Å². The van der Waals surface area contributed by atoms with Gasteiger partial charge in [0, 0.05) is 21.8 Å². The van der Waals surface area contributed by atoms with Gasteiger partial charge in [0.25, 0.3) is 0 Å². The van der Waals surface area contributed by atoms with Crippen LogP contribution < -0.4 is 5.32 Å². The number of nitro groups is 1. The van der Waals surface area contributed by atoms with E-state index in [1.807, 2.05) is 0 Å². The summed E-state index contributed by atoms with van der Waals surface area (Å²) in [6.07, 6.45) is 4.34. The molecule has 1 aromatic carbocycles. The van der Waals surface area contributed by atoms with E-state index in [-0.39, 0.29) is 23.8 Å². The molecule has 11 heteroatoms. The van der Waals surface area contributed by atoms with Crippen molar-refractivity contribution in [3.63, 3.8) is 0 Å². The number of nitrogens with one attached hydrogen (secondary N) is 1. The fourth-order valence-corrected chi connectivity index (χ4v) is 2.99. The molecule has 9 nitrogen and oxygen atoms in total. The average Bonchev–Trinajstić information content (AvgIpc) is 3.17. The van der Waals surface area contributed by atoms with Crippen LogP contribution in [0.3, 0.4) is 0 Å². The molecule has 1 amide bonds. The van der Waals surface area contributed by atoms with Gasteiger partial charge in [-0.15, -0.1) is 0 Å². The van der Waals surface area contributed by atoms with Crippen molar-refractivity contribution in [1.29, 1.82) is 0 Å². The molecule has 3 aromatic rings. The number of benzene rings is 1. The van der Waals surface area contributed by atoms with Gasteiger partial charge in [-0.2, -0.15) is 10.2 Å². The van der Waals surface area contributed by atoms with Gasteiger partial charge in [-0.1, -0.05) is 29.3 Å². The molecule has 0 saturated heterocycles. The first kappa shape index (κ1) is 18.9. The molecule has 0 aliphatic rings. The number of aryl methyl sites for hydroxylation is 1. The van der Waals surface area contributed by atoms with E-state index in [2.05, 4.69) is 15.5 Å². The average molecular weight is 409 g/mol. The van der Waals surface area contributed by atoms with Crippen LogP contribution in [0, 0.1) is 17.0 Å². The largest absolute Gasteiger partial charge is 0.322 e. The first-order valence-electron chi connectivity index (χ1n) is 7.77. The van der Waals surface area contributed by atoms with Crippen LogP contribution in [0.25, 0.3) is 0 Å². The summed E-state index contributed by atoms with van der Waals surface area (Å²) in [6.45, 7) is 1.70. The second-order valence-corrected chi connectivity index (χ2v) is 6.54. The molecular weight excluding hydrogens is 395 g/mol. The van der Waals surface area contributed by atoms with Crippen molar-refractivity contribution in [2.45, 2.75) is 20.0 Å². The van der Waals surface area contributed by atoms with Gasteiger partial charge in [0.2, 0.25) is 5.91 Å². The Kier molecular flexibility index (Phi) is 5.43. The summed E-state index contributed by atoms with van der Waals surface area (Å²) in [5.74, 6) is -0.386. The topological polar surface area (TPSA) is 108 Å². The summed E-state index contributed by atoms with van der Waals surface area (Å²) in [5.41, 5.74) is 1.31. The minimum Gasteiger partial charge on any atom is -0.322 e. The van der Waals surface area contributed by atoms with E-state index in [0.29, 0.717) is 22.3 Å². The second kappa shape index (κ2) is 7.77. The number of nitrogens with zero attached hydrogens (tertiary/aromatic N) is 5. The maximum atomic E-state index is 12.1. The van der Waals surface area contributed by atoms with Gasteiger partial charge < -0.3 is 5.32 Å². The highest BCUT2D eigenvalue weighted by molar-refractivity contribution is 6.35. The van der Waals surface area contributed by atoms with E-state index >= 15 is 0 Å². The maximum absolute atomic E-state index is 12.1. The van der Waals surface area contributed by atoms with Crippen LogP contribution in [0.2, 0.25) is 10.0 Å². The van der Waals surface area contributed by atoms with Gasteiger partial charge in [-0.25, -0.2) is 0 Å². The third-order valence-corrected chi connectivity index (χ3v) is 4.43. The third kappa shape index (κ3) is 4.44. The van der Waals surface area contributed by atoms with Crippen LogP contribution in [0.5, 0.6) is 0 Å². The predicted octanol–water partition coefficient (Wildman–Crippen LogP) is 3.29. The molecule has 0 atom stereocenters. The minimum absolute atomic E-state index is 0.132. The molecule has 2 aromatic heterocycles. The van der Waals surface area contributed by atoms with E-state index in [9.17, 15) is 14.9 Å². The minimum atomic E-state index is -0.541. The predicted molar refractivity (Wildman–Crippen MR) is 100 cm³/mol. The quantitative estimate of drug-likeness (QED) is 0.497. The highest BCUT2D eigenvalue weighted by atomic mass is 35.5. The molecule has 0 radical (unpaired) electrons. The lowest BCUT2D eigenvalue weighted by Crippen LogP contribution is -2.18. The number of hydrogen-bond acceptors (Lipinski definition) is 5. The zero-order valence-corrected chi connectivity index (χ0v) is 15.6. The number of carbonyl (C=O) groups is 1. The van der Waals surface area contributed by atoms with Crippen molar-refractivity contribution in [2.75, 3.05) is 5.32 Å². The fourth-order valence-electron chi connectivity index (χ4n) is 2.48. The van der Waals surface area contributed by atoms with Crippen molar-refractivity contribution < 1.29 is 9.72 Å². The molecule has 0 aliphatic heterocycles. The molecule has 2 heterocycles. The van der Waals surface area contributed by atoms with Crippen LogP contribution in [-0.4, -0.2) is 30.4 Å². The zero-order chi connectivity index (χ0) is 19.6. The Morgan fingerprint density at radius 3 is 2.59 bits per heavy atom. The van der Waals surface area contributed by atoms with Crippen molar-refractivity contribution in [3.05, 3.63) is 68.2 Å². The first-order valence-corrected chi connectivity index (χ1v) is 8.52. The highest BCUT2D eigenvalue weighted by Gasteiger charge is 2.17. The van der Waals surface area contributed by atoms with Crippen LogP contribution in [0.15, 0.2) is 36.8 Å². The summed E-state index contributed by atoms with van der Waals surface area (Å²) in [4.78, 5) is 22.4. The number of rotatable bonds is 6. The Hall–Kier alpha value is -2.91. The second-order valence-electron chi connectivity index (χ2n) is 5.73. The molecule has 0 unspecified atom stereocenters. The lowest BCUT2D eigenvalue weighted by Gasteiger charge is -2.06. The van der Waals surface area contributed by atoms with E-state index < -0.39 is 4.92 Å². The number of halogens is 2. The molecule has 0 fully saturated rings. The summed E-state index contributed by atoms with van der Waals surface area (Å²) < 4.78 is 2.81. The van der Waals surface area contributed by atoms with Crippen LogP contribution in [0.1, 0.15) is 11.3 Å². The highest BCUT2D eigenvalue weighted by Crippen LogP contribution is 2.25. The van der Waals surface area contributed by atoms with E-state index in [0.717, 1.165) is 5.56 Å². The number of amides is 1. The van der Waals surface area contributed by atoms with Gasteiger partial charge in [0.15, 0.2) is 0 Å². The SMILES string of the molecule is Cc1nn(CC(=O)Nc2cnn(Cc3c(Cl)cccc3Cl)c2)cc1[N+](=O)[O-]. The summed E-state index contributed by atoms with van der Waals surface area (Å²) in [7, 11) is 0. The van der Waals surface area contributed by atoms with Crippen LogP contribution in [0.4, 0.5) is 11.4 Å². The molecule has 0 aliphatic carbocycles. The zero-order valence-electron chi connectivity index (χ0n) is 14.1. The summed E-state index contributed by atoms with van der Waals surface area (Å²) in [6, 6.07) is 5.23. The van der Waals surface area contributed by atoms with E-state index in [1.54, 1.807) is 29.1 Å². The number of anilines is 1. The molecule has 0 saturated carbocycles. The normalized spacial score (nSPS) is 10.8. The number of hydrogen-bond donors (Lipinski definition) is 1. The molecule has 0 bridgehead atoms. The van der Waals surface area contributed by atoms with Crippen molar-refractivity contribution in [3.8, 4) is 0 Å². The maximum Gasteiger partial charge on any atom is 0.309 e. The standard InChI is InChI=1S/C16H14Cl2N6O3/c1-10-15(24(26)27)8-23(21-10)9-16(25)20-11-5-19-22(6-11)7-12-13(17)3-2-4-14(12)18/h2-6,8H,7,9H2,1H3,(H,20,25). The molecule has 3 rings (SSSR count). The summed E-state index contributed by atoms with van der Waals surface area (Å²) in [5, 5.41) is 22.7. The lowest BCUT2D eigenvalue weighted by atomic mass is 10.2. The number of carbonyl (C=O) groups excluding carboxylic acids is 1. The molecule has 27 heavy (non-hydrogen) atoms. The molecule has 0 spiro atoms. The Bertz CT molecular complexity index is 993. The molecule has 140 valence electrons. The monoisotopic (exact) mass is 408 g/mol. The van der Waals surface area contributed by atoms with E-state index in [1.165, 1.54) is 24.0 Å². The Balaban J connectivity index is 1.64. The Morgan fingerprint density at radius 1 is 1.26 bits per heavy atom. The van der Waals surface area contributed by atoms with Gasteiger partial charge in [0.1, 0.15) is 18.4 Å². The first-order chi connectivity index (χ1) is 12.8. The third-order valence-electron chi connectivity index (χ3n) is 3.72. The van der Waals surface area contributed by atoms with Crippen molar-refractivity contribution in [1.82, 2.24) is 19.6 Å². The van der Waals surface area contributed by atoms with Gasteiger partial charge in [0.05, 0.1) is 23.4 Å². The van der Waals surface area contributed by atoms with Gasteiger partial charge in [-0.05, 0) is 19.1 Å². The smallest absolute Gasteiger partial charge is 0.309 e. The number of aromatic nitrogens is 4. The van der Waals surface area contributed by atoms with Crippen LogP contribution in [-0.2, 0) is 17.9 Å². The fraction of sp³-hybridized carbons (Fsp3) is 0.188. The lowest BCUT2D eigenvalue weighted by molar-refractivity contribution is -0.385. The Labute approximate surface area is 163 Å². The molecule has 1 N–H and O–H groups in total. The summed E-state index contributed by atoms with van der Waals surface area (Å²) >= 11 is 12.3. The van der Waals surface area contributed by atoms with E-state index in [4.69, 9.17) is 23.2 Å². The van der Waals surface area contributed by atoms with Crippen molar-refractivity contribution >= 4 is 40.5 Å².